The summed E-state index contributed by atoms with van der Waals surface area (Å²) >= 11 is 0. The predicted octanol–water partition coefficient (Wildman–Crippen LogP) is 3.84. The summed E-state index contributed by atoms with van der Waals surface area (Å²) in [4.78, 5) is 27.9. The molecule has 0 atom stereocenters. The topological polar surface area (TPSA) is 93.5 Å². The van der Waals surface area contributed by atoms with Gasteiger partial charge in [-0.25, -0.2) is 4.98 Å². The van der Waals surface area contributed by atoms with Crippen LogP contribution in [0.5, 0.6) is 0 Å². The maximum atomic E-state index is 12.2. The molecule has 0 aliphatic carbocycles. The number of nitrogens with zero attached hydrogens (tertiary/aromatic N) is 2. The smallest absolute Gasteiger partial charge is 0.303 e. The van der Waals surface area contributed by atoms with Gasteiger partial charge in [0.1, 0.15) is 0 Å². The lowest BCUT2D eigenvalue weighted by Crippen LogP contribution is -2.32. The number of fused-ring (bicyclic) bond motifs is 1. The zero-order valence-corrected chi connectivity index (χ0v) is 18.5. The average Bonchev–Trinajstić information content (AvgIpc) is 3.21. The lowest BCUT2D eigenvalue weighted by molar-refractivity contribution is -0.144. The van der Waals surface area contributed by atoms with Crippen molar-refractivity contribution in [2.75, 3.05) is 11.9 Å². The van der Waals surface area contributed by atoms with Crippen LogP contribution in [0.4, 0.5) is 5.69 Å². The largest absolute Gasteiger partial charge is 0.456 e. The maximum Gasteiger partial charge on any atom is 0.303 e. The van der Waals surface area contributed by atoms with Gasteiger partial charge in [-0.1, -0.05) is 60.7 Å². The van der Waals surface area contributed by atoms with E-state index in [1.54, 1.807) is 18.2 Å². The van der Waals surface area contributed by atoms with Gasteiger partial charge in [-0.2, -0.15) is 0 Å². The number of aryl methyl sites for hydroxylation is 1. The van der Waals surface area contributed by atoms with E-state index in [2.05, 4.69) is 5.32 Å². The van der Waals surface area contributed by atoms with Gasteiger partial charge in [0.2, 0.25) is 0 Å². The Bertz CT molecular complexity index is 1240. The molecule has 2 N–H and O–H groups in total. The molecule has 0 saturated heterocycles. The number of imidazole rings is 1. The van der Waals surface area contributed by atoms with Crippen LogP contribution < -0.4 is 5.32 Å². The molecule has 4 rings (SSSR count). The molecule has 4 aromatic rings. The van der Waals surface area contributed by atoms with Crippen molar-refractivity contribution in [2.24, 2.45) is 0 Å². The zero-order valence-electron chi connectivity index (χ0n) is 18.5. The second-order valence-corrected chi connectivity index (χ2v) is 7.65. The predicted molar refractivity (Wildman–Crippen MR) is 126 cm³/mol. The van der Waals surface area contributed by atoms with Gasteiger partial charge < -0.3 is 19.7 Å². The Labute approximate surface area is 191 Å². The van der Waals surface area contributed by atoms with E-state index in [0.717, 1.165) is 5.52 Å². The standard InChI is InChI=1S/C26H25N3O4/c1-3-29-23-16-21(27-24(31)17-33-18(2)30)14-15-22(23)28-25(29)26(32,19-10-6-4-7-11-19)20-12-8-5-9-13-20/h4-16,32H,3,17H2,1-2H3,(H,27,31). The molecular formula is C26H25N3O4. The number of ether oxygens (including phenoxy) is 1. The van der Waals surface area contributed by atoms with Crippen LogP contribution in [-0.4, -0.2) is 33.1 Å². The Morgan fingerprint density at radius 1 is 1.00 bits per heavy atom. The number of aromatic nitrogens is 2. The van der Waals surface area contributed by atoms with E-state index in [-0.39, 0.29) is 6.61 Å². The summed E-state index contributed by atoms with van der Waals surface area (Å²) in [6, 6.07) is 24.2. The molecular weight excluding hydrogens is 418 g/mol. The lowest BCUT2D eigenvalue weighted by atomic mass is 9.85. The molecule has 0 aliphatic heterocycles. The molecule has 0 radical (unpaired) electrons. The molecule has 0 bridgehead atoms. The number of esters is 1. The van der Waals surface area contributed by atoms with Crippen molar-refractivity contribution in [1.82, 2.24) is 9.55 Å². The van der Waals surface area contributed by atoms with E-state index < -0.39 is 17.5 Å². The Morgan fingerprint density at radius 3 is 2.15 bits per heavy atom. The number of hydrogen-bond acceptors (Lipinski definition) is 5. The SMILES string of the molecule is CCn1c(C(O)(c2ccccc2)c2ccccc2)nc2ccc(NC(=O)COC(C)=O)cc21. The van der Waals surface area contributed by atoms with Crippen LogP contribution in [0.1, 0.15) is 30.8 Å². The molecule has 0 saturated carbocycles. The summed E-state index contributed by atoms with van der Waals surface area (Å²) in [6.07, 6.45) is 0. The van der Waals surface area contributed by atoms with Crippen molar-refractivity contribution >= 4 is 28.6 Å². The first-order valence-electron chi connectivity index (χ1n) is 10.7. The molecule has 7 nitrogen and oxygen atoms in total. The van der Waals surface area contributed by atoms with E-state index in [1.807, 2.05) is 72.2 Å². The lowest BCUT2D eigenvalue weighted by Gasteiger charge is -2.29. The van der Waals surface area contributed by atoms with E-state index in [4.69, 9.17) is 9.72 Å². The van der Waals surface area contributed by atoms with Crippen molar-refractivity contribution in [1.29, 1.82) is 0 Å². The number of aliphatic hydroxyl groups is 1. The van der Waals surface area contributed by atoms with Gasteiger partial charge in [0.25, 0.3) is 5.91 Å². The molecule has 3 aromatic carbocycles. The van der Waals surface area contributed by atoms with Gasteiger partial charge in [0.05, 0.1) is 11.0 Å². The number of anilines is 1. The maximum absolute atomic E-state index is 12.2. The summed E-state index contributed by atoms with van der Waals surface area (Å²) in [6.45, 7) is 3.43. The third-order valence-electron chi connectivity index (χ3n) is 5.46. The number of hydrogen-bond donors (Lipinski definition) is 2. The second-order valence-electron chi connectivity index (χ2n) is 7.65. The molecule has 168 valence electrons. The van der Waals surface area contributed by atoms with Crippen LogP contribution >= 0.6 is 0 Å². The number of carbonyl (C=O) groups excluding carboxylic acids is 2. The van der Waals surface area contributed by atoms with Gasteiger partial charge in [-0.3, -0.25) is 9.59 Å². The average molecular weight is 444 g/mol. The van der Waals surface area contributed by atoms with Gasteiger partial charge >= 0.3 is 5.97 Å². The van der Waals surface area contributed by atoms with Crippen molar-refractivity contribution in [3.05, 3.63) is 95.8 Å². The highest BCUT2D eigenvalue weighted by Gasteiger charge is 2.38. The minimum atomic E-state index is -1.48. The summed E-state index contributed by atoms with van der Waals surface area (Å²) < 4.78 is 6.69. The third kappa shape index (κ3) is 4.36. The number of carbonyl (C=O) groups is 2. The van der Waals surface area contributed by atoms with E-state index in [9.17, 15) is 14.7 Å². The van der Waals surface area contributed by atoms with Crippen molar-refractivity contribution in [3.63, 3.8) is 0 Å². The fraction of sp³-hybridized carbons (Fsp3) is 0.192. The van der Waals surface area contributed by atoms with Crippen LogP contribution in [-0.2, 0) is 26.5 Å². The first-order chi connectivity index (χ1) is 15.9. The molecule has 1 amide bonds. The van der Waals surface area contributed by atoms with Crippen LogP contribution in [0.2, 0.25) is 0 Å². The Morgan fingerprint density at radius 2 is 1.61 bits per heavy atom. The van der Waals surface area contributed by atoms with Gasteiger partial charge in [-0.05, 0) is 36.2 Å². The summed E-state index contributed by atoms with van der Waals surface area (Å²) in [5.41, 5.74) is 1.94. The molecule has 0 aliphatic rings. The molecule has 0 spiro atoms. The van der Waals surface area contributed by atoms with E-state index >= 15 is 0 Å². The van der Waals surface area contributed by atoms with Crippen molar-refractivity contribution in [2.45, 2.75) is 26.0 Å². The Kier molecular flexibility index (Phi) is 6.24. The monoisotopic (exact) mass is 443 g/mol. The number of rotatable bonds is 7. The normalized spacial score (nSPS) is 11.4. The minimum absolute atomic E-state index is 0.354. The van der Waals surface area contributed by atoms with E-state index in [0.29, 0.717) is 34.7 Å². The van der Waals surface area contributed by atoms with Gasteiger partial charge in [0.15, 0.2) is 18.0 Å². The van der Waals surface area contributed by atoms with Crippen molar-refractivity contribution in [3.8, 4) is 0 Å². The quantitative estimate of drug-likeness (QED) is 0.423. The number of benzene rings is 3. The number of nitrogens with one attached hydrogen (secondary N) is 1. The zero-order chi connectivity index (χ0) is 23.4. The first-order valence-corrected chi connectivity index (χ1v) is 10.7. The third-order valence-corrected chi connectivity index (χ3v) is 5.46. The van der Waals surface area contributed by atoms with Crippen LogP contribution in [0.15, 0.2) is 78.9 Å². The minimum Gasteiger partial charge on any atom is -0.456 e. The molecule has 0 fully saturated rings. The highest BCUT2D eigenvalue weighted by Crippen LogP contribution is 2.38. The van der Waals surface area contributed by atoms with Crippen LogP contribution in [0, 0.1) is 0 Å². The van der Waals surface area contributed by atoms with Crippen molar-refractivity contribution < 1.29 is 19.4 Å². The highest BCUT2D eigenvalue weighted by atomic mass is 16.5. The van der Waals surface area contributed by atoms with E-state index in [1.165, 1.54) is 6.92 Å². The molecule has 1 aromatic heterocycles. The van der Waals surface area contributed by atoms with Crippen LogP contribution in [0.3, 0.4) is 0 Å². The molecule has 33 heavy (non-hydrogen) atoms. The Hall–Kier alpha value is -3.97. The molecule has 0 unspecified atom stereocenters. The van der Waals surface area contributed by atoms with Gasteiger partial charge in [-0.15, -0.1) is 0 Å². The fourth-order valence-corrected chi connectivity index (χ4v) is 3.94. The second kappa shape index (κ2) is 9.26. The summed E-state index contributed by atoms with van der Waals surface area (Å²) in [7, 11) is 0. The highest BCUT2D eigenvalue weighted by molar-refractivity contribution is 5.94. The number of amides is 1. The fourth-order valence-electron chi connectivity index (χ4n) is 3.94. The molecule has 1 heterocycles. The Balaban J connectivity index is 1.82. The van der Waals surface area contributed by atoms with Crippen LogP contribution in [0.25, 0.3) is 11.0 Å². The summed E-state index contributed by atoms with van der Waals surface area (Å²) in [5.74, 6) is -0.464. The van der Waals surface area contributed by atoms with Gasteiger partial charge in [0, 0.05) is 19.2 Å². The first kappa shape index (κ1) is 22.2. The summed E-state index contributed by atoms with van der Waals surface area (Å²) in [5, 5.41) is 14.9. The molecule has 7 heteroatoms.